The average Bonchev–Trinajstić information content (AvgIpc) is 2.90. The first-order chi connectivity index (χ1) is 18.1. The quantitative estimate of drug-likeness (QED) is 0.281. The summed E-state index contributed by atoms with van der Waals surface area (Å²) in [6, 6.07) is 17.7. The van der Waals surface area contributed by atoms with Crippen LogP contribution in [0.5, 0.6) is 17.2 Å². The van der Waals surface area contributed by atoms with E-state index in [-0.39, 0.29) is 11.2 Å². The van der Waals surface area contributed by atoms with Crippen molar-refractivity contribution in [3.63, 3.8) is 0 Å². The van der Waals surface area contributed by atoms with Crippen molar-refractivity contribution in [1.29, 1.82) is 0 Å². The maximum Gasteiger partial charge on any atom is 0.360 e. The maximum atomic E-state index is 13.1. The Hall–Kier alpha value is -4.30. The monoisotopic (exact) mass is 516 g/mol. The first kappa shape index (κ1) is 26.8. The van der Waals surface area contributed by atoms with Crippen LogP contribution in [0.2, 0.25) is 0 Å². The molecule has 0 aliphatic carbocycles. The number of nitrogens with two attached hydrogens (primary N) is 1. The topological polar surface area (TPSA) is 113 Å². The van der Waals surface area contributed by atoms with Crippen molar-refractivity contribution in [2.45, 2.75) is 32.7 Å². The Labute approximate surface area is 221 Å². The number of amides is 1. The Morgan fingerprint density at radius 1 is 1.00 bits per heavy atom. The number of anilines is 1. The third kappa shape index (κ3) is 5.98. The molecule has 38 heavy (non-hydrogen) atoms. The van der Waals surface area contributed by atoms with E-state index in [0.29, 0.717) is 57.9 Å². The van der Waals surface area contributed by atoms with Crippen LogP contribution in [0.3, 0.4) is 0 Å². The number of carbonyl (C=O) groups is 1. The molecule has 4 rings (SSSR count). The molecule has 3 N–H and O–H groups in total. The fourth-order valence-corrected chi connectivity index (χ4v) is 4.03. The number of carbonyl (C=O) groups excluding carboxylic acids is 1. The summed E-state index contributed by atoms with van der Waals surface area (Å²) in [6.07, 6.45) is 0.671. The van der Waals surface area contributed by atoms with Crippen molar-refractivity contribution in [1.82, 2.24) is 0 Å². The first-order valence-corrected chi connectivity index (χ1v) is 12.2. The van der Waals surface area contributed by atoms with Gasteiger partial charge < -0.3 is 29.7 Å². The van der Waals surface area contributed by atoms with Crippen LogP contribution >= 0.6 is 0 Å². The summed E-state index contributed by atoms with van der Waals surface area (Å²) >= 11 is 0. The summed E-state index contributed by atoms with van der Waals surface area (Å²) in [5.74, 6) is 1.44. The Balaban J connectivity index is 1.60. The highest BCUT2D eigenvalue weighted by molar-refractivity contribution is 6.05. The normalized spacial score (nSPS) is 11.3. The van der Waals surface area contributed by atoms with Crippen molar-refractivity contribution in [2.24, 2.45) is 5.73 Å². The molecule has 8 heteroatoms. The molecule has 0 radical (unpaired) electrons. The van der Waals surface area contributed by atoms with Gasteiger partial charge in [-0.3, -0.25) is 4.79 Å². The average molecular weight is 517 g/mol. The van der Waals surface area contributed by atoms with Gasteiger partial charge in [-0.2, -0.15) is 0 Å². The van der Waals surface area contributed by atoms with Gasteiger partial charge in [0, 0.05) is 27.6 Å². The van der Waals surface area contributed by atoms with Crippen molar-refractivity contribution in [3.05, 3.63) is 82.2 Å². The maximum absolute atomic E-state index is 13.1. The van der Waals surface area contributed by atoms with Crippen molar-refractivity contribution in [2.75, 3.05) is 26.1 Å². The van der Waals surface area contributed by atoms with Gasteiger partial charge in [0.2, 0.25) is 0 Å². The Morgan fingerprint density at radius 2 is 1.76 bits per heavy atom. The van der Waals surface area contributed by atoms with Crippen LogP contribution in [0.25, 0.3) is 22.1 Å². The second-order valence-corrected chi connectivity index (χ2v) is 9.74. The van der Waals surface area contributed by atoms with E-state index in [4.69, 9.17) is 24.4 Å². The number of hydrogen-bond acceptors (Lipinski definition) is 7. The van der Waals surface area contributed by atoms with Gasteiger partial charge in [-0.1, -0.05) is 12.1 Å². The van der Waals surface area contributed by atoms with E-state index in [1.165, 1.54) is 0 Å². The van der Waals surface area contributed by atoms with Crippen LogP contribution in [0.1, 0.15) is 36.2 Å². The largest absolute Gasteiger partial charge is 0.497 e. The molecule has 0 spiro atoms. The second-order valence-electron chi connectivity index (χ2n) is 9.74. The van der Waals surface area contributed by atoms with Crippen LogP contribution in [0.15, 0.2) is 69.9 Å². The minimum atomic E-state index is -0.657. The molecule has 198 valence electrons. The molecule has 0 aliphatic rings. The molecule has 8 nitrogen and oxygen atoms in total. The summed E-state index contributed by atoms with van der Waals surface area (Å²) in [6.45, 7) is 6.13. The van der Waals surface area contributed by atoms with E-state index < -0.39 is 11.5 Å². The van der Waals surface area contributed by atoms with E-state index in [0.717, 1.165) is 5.56 Å². The van der Waals surface area contributed by atoms with E-state index in [1.54, 1.807) is 44.6 Å². The van der Waals surface area contributed by atoms with Crippen LogP contribution < -0.4 is 30.9 Å². The summed E-state index contributed by atoms with van der Waals surface area (Å²) in [5, 5.41) is 3.35. The van der Waals surface area contributed by atoms with Crippen molar-refractivity contribution >= 4 is 22.6 Å². The lowest BCUT2D eigenvalue weighted by molar-refractivity contribution is 0.102. The van der Waals surface area contributed by atoms with E-state index in [9.17, 15) is 9.59 Å². The molecule has 1 aromatic heterocycles. The number of fused-ring (bicyclic) bond motifs is 1. The van der Waals surface area contributed by atoms with E-state index in [2.05, 4.69) is 5.32 Å². The van der Waals surface area contributed by atoms with Gasteiger partial charge in [0.1, 0.15) is 28.5 Å². The van der Waals surface area contributed by atoms with Crippen LogP contribution in [-0.4, -0.2) is 32.3 Å². The van der Waals surface area contributed by atoms with Gasteiger partial charge in [0.15, 0.2) is 0 Å². The van der Waals surface area contributed by atoms with Gasteiger partial charge in [-0.05, 0) is 81.3 Å². The standard InChI is InChI=1S/C30H32N2O6/c1-18-25(37-14-13-30(2,3)31)11-9-20-17-24(29(34)38-27(18)20)32-28(33)21-10-12-26(36-5)23(16-21)19-7-6-8-22(15-19)35-4/h6-12,15-17H,13-14,31H2,1-5H3,(H,32,33). The summed E-state index contributed by atoms with van der Waals surface area (Å²) in [5.41, 5.74) is 8.06. The zero-order chi connectivity index (χ0) is 27.4. The van der Waals surface area contributed by atoms with Crippen molar-refractivity contribution in [3.8, 4) is 28.4 Å². The highest BCUT2D eigenvalue weighted by atomic mass is 16.5. The molecular weight excluding hydrogens is 484 g/mol. The van der Waals surface area contributed by atoms with Gasteiger partial charge in [0.05, 0.1) is 20.8 Å². The molecule has 0 saturated heterocycles. The molecule has 0 unspecified atom stereocenters. The highest BCUT2D eigenvalue weighted by Crippen LogP contribution is 2.33. The summed E-state index contributed by atoms with van der Waals surface area (Å²) in [7, 11) is 3.16. The Bertz CT molecular complexity index is 1530. The second kappa shape index (κ2) is 11.0. The molecule has 0 aliphatic heterocycles. The number of benzene rings is 3. The molecule has 1 amide bonds. The van der Waals surface area contributed by atoms with Crippen molar-refractivity contribution < 1.29 is 23.4 Å². The molecule has 0 saturated carbocycles. The predicted octanol–water partition coefficient (Wildman–Crippen LogP) is 5.54. The van der Waals surface area contributed by atoms with Gasteiger partial charge in [0.25, 0.3) is 5.91 Å². The third-order valence-electron chi connectivity index (χ3n) is 6.20. The Morgan fingerprint density at radius 3 is 2.47 bits per heavy atom. The molecule has 1 heterocycles. The highest BCUT2D eigenvalue weighted by Gasteiger charge is 2.17. The SMILES string of the molecule is COc1cccc(-c2cc(C(=O)Nc3cc4ccc(OCCC(C)(C)N)c(C)c4oc3=O)ccc2OC)c1. The number of hydrogen-bond donors (Lipinski definition) is 2. The lowest BCUT2D eigenvalue weighted by Gasteiger charge is -2.19. The zero-order valence-corrected chi connectivity index (χ0v) is 22.2. The molecular formula is C30H32N2O6. The number of methoxy groups -OCH3 is 2. The smallest absolute Gasteiger partial charge is 0.360 e. The molecule has 3 aromatic carbocycles. The number of aryl methyl sites for hydroxylation is 1. The van der Waals surface area contributed by atoms with Gasteiger partial charge >= 0.3 is 5.63 Å². The van der Waals surface area contributed by atoms with E-state index >= 15 is 0 Å². The predicted molar refractivity (Wildman–Crippen MR) is 149 cm³/mol. The lowest BCUT2D eigenvalue weighted by Crippen LogP contribution is -2.33. The fraction of sp³-hybridized carbons (Fsp3) is 0.267. The Kier molecular flexibility index (Phi) is 7.73. The van der Waals surface area contributed by atoms with E-state index in [1.807, 2.05) is 51.1 Å². The number of nitrogens with one attached hydrogen (secondary N) is 1. The van der Waals surface area contributed by atoms with Gasteiger partial charge in [-0.25, -0.2) is 4.79 Å². The molecule has 0 atom stereocenters. The molecule has 0 fully saturated rings. The number of rotatable bonds is 9. The minimum Gasteiger partial charge on any atom is -0.497 e. The van der Waals surface area contributed by atoms with Gasteiger partial charge in [-0.15, -0.1) is 0 Å². The van der Waals surface area contributed by atoms with Crippen LogP contribution in [0, 0.1) is 6.92 Å². The van der Waals surface area contributed by atoms with Crippen LogP contribution in [0.4, 0.5) is 5.69 Å². The summed E-state index contributed by atoms with van der Waals surface area (Å²) < 4.78 is 22.3. The first-order valence-electron chi connectivity index (χ1n) is 12.2. The number of ether oxygens (including phenoxy) is 3. The fourth-order valence-electron chi connectivity index (χ4n) is 4.03. The minimum absolute atomic E-state index is 0.0409. The molecule has 4 aromatic rings. The zero-order valence-electron chi connectivity index (χ0n) is 22.2. The lowest BCUT2D eigenvalue weighted by atomic mass is 10.0. The molecule has 0 bridgehead atoms. The van der Waals surface area contributed by atoms with Crippen LogP contribution in [-0.2, 0) is 0 Å². The third-order valence-corrected chi connectivity index (χ3v) is 6.20. The summed E-state index contributed by atoms with van der Waals surface area (Å²) in [4.78, 5) is 25.9.